The van der Waals surface area contributed by atoms with E-state index in [9.17, 15) is 4.79 Å². The first kappa shape index (κ1) is 7.53. The van der Waals surface area contributed by atoms with Crippen LogP contribution in [-0.4, -0.2) is 16.0 Å². The van der Waals surface area contributed by atoms with Crippen LogP contribution in [0, 0.1) is 0 Å². The van der Waals surface area contributed by atoms with Crippen LogP contribution in [0.3, 0.4) is 0 Å². The van der Waals surface area contributed by atoms with Gasteiger partial charge in [0.25, 0.3) is 5.91 Å². The van der Waals surface area contributed by atoms with Gasteiger partial charge in [-0.05, 0) is 0 Å². The molecule has 0 fully saturated rings. The summed E-state index contributed by atoms with van der Waals surface area (Å²) in [5, 5.41) is 5.94. The maximum absolute atomic E-state index is 11.2. The summed E-state index contributed by atoms with van der Waals surface area (Å²) in [6, 6.07) is 1.52. The predicted octanol–water partition coefficient (Wildman–Crippen LogP) is 0.915. The summed E-state index contributed by atoms with van der Waals surface area (Å²) in [6.45, 7) is 0. The molecule has 0 saturated carbocycles. The maximum Gasteiger partial charge on any atom is 0.294 e. The lowest BCUT2D eigenvalue weighted by Crippen LogP contribution is -2.10. The number of nitrogens with zero attached hydrogens (tertiary/aromatic N) is 2. The van der Waals surface area contributed by atoms with E-state index >= 15 is 0 Å². The predicted molar refractivity (Wildman–Crippen MR) is 41.0 cm³/mol. The zero-order chi connectivity index (χ0) is 9.10. The zero-order valence-electron chi connectivity index (χ0n) is 6.43. The highest BCUT2D eigenvalue weighted by molar-refractivity contribution is 6.01. The summed E-state index contributed by atoms with van der Waals surface area (Å²) in [5.41, 5.74) is 0. The number of carbonyl (C=O) groups excluding carboxylic acids is 1. The molecule has 2 heterocycles. The molecule has 0 aromatic carbocycles. The summed E-state index contributed by atoms with van der Waals surface area (Å²) >= 11 is 0. The van der Waals surface area contributed by atoms with E-state index in [0.717, 1.165) is 0 Å². The third kappa shape index (κ3) is 1.56. The number of amides is 1. The van der Waals surface area contributed by atoms with Crippen molar-refractivity contribution >= 4 is 11.7 Å². The number of hydrogen-bond acceptors (Lipinski definition) is 5. The van der Waals surface area contributed by atoms with Crippen LogP contribution in [-0.2, 0) is 0 Å². The monoisotopic (exact) mass is 179 g/mol. The van der Waals surface area contributed by atoms with E-state index < -0.39 is 5.91 Å². The normalized spacial score (nSPS) is 9.85. The third-order valence-electron chi connectivity index (χ3n) is 1.34. The molecular weight excluding hydrogens is 174 g/mol. The van der Waals surface area contributed by atoms with Gasteiger partial charge in [0, 0.05) is 6.07 Å². The van der Waals surface area contributed by atoms with Crippen molar-refractivity contribution in [1.82, 2.24) is 10.1 Å². The van der Waals surface area contributed by atoms with Crippen LogP contribution in [0.1, 0.15) is 10.6 Å². The van der Waals surface area contributed by atoms with E-state index in [1.807, 2.05) is 0 Å². The van der Waals surface area contributed by atoms with Crippen LogP contribution in [0.4, 0.5) is 5.82 Å². The second kappa shape index (κ2) is 3.10. The lowest BCUT2D eigenvalue weighted by molar-refractivity contribution is 0.0996. The molecule has 0 radical (unpaired) electrons. The number of oxazole rings is 1. The molecule has 13 heavy (non-hydrogen) atoms. The molecule has 0 aliphatic carbocycles. The first-order chi connectivity index (χ1) is 6.36. The number of carbonyl (C=O) groups is 1. The fourth-order valence-corrected chi connectivity index (χ4v) is 0.783. The van der Waals surface area contributed by atoms with Crippen molar-refractivity contribution in [3.63, 3.8) is 0 Å². The van der Waals surface area contributed by atoms with Gasteiger partial charge >= 0.3 is 0 Å². The van der Waals surface area contributed by atoms with E-state index in [-0.39, 0.29) is 5.76 Å². The molecule has 1 amide bonds. The largest absolute Gasteiger partial charge is 0.438 e. The minimum absolute atomic E-state index is 0.128. The van der Waals surface area contributed by atoms with Gasteiger partial charge in [0.05, 0.1) is 6.20 Å². The van der Waals surface area contributed by atoms with Crippen LogP contribution in [0.2, 0.25) is 0 Å². The number of rotatable bonds is 2. The van der Waals surface area contributed by atoms with Crippen molar-refractivity contribution in [3.05, 3.63) is 30.7 Å². The number of anilines is 1. The zero-order valence-corrected chi connectivity index (χ0v) is 6.43. The fraction of sp³-hybridized carbons (Fsp3) is 0. The highest BCUT2D eigenvalue weighted by atomic mass is 16.5. The van der Waals surface area contributed by atoms with Gasteiger partial charge in [-0.25, -0.2) is 4.98 Å². The standard InChI is InChI=1S/C7H5N3O3/c11-7(5-3-8-4-12-5)9-6-1-2-13-10-6/h1-4H,(H,9,10,11). The van der Waals surface area contributed by atoms with Gasteiger partial charge in [-0.1, -0.05) is 5.16 Å². The van der Waals surface area contributed by atoms with Crippen molar-refractivity contribution in [2.45, 2.75) is 0 Å². The van der Waals surface area contributed by atoms with Crippen molar-refractivity contribution in [2.75, 3.05) is 5.32 Å². The van der Waals surface area contributed by atoms with Gasteiger partial charge in [-0.15, -0.1) is 0 Å². The first-order valence-electron chi connectivity index (χ1n) is 3.46. The van der Waals surface area contributed by atoms with Gasteiger partial charge in [0.2, 0.25) is 5.76 Å². The Morgan fingerprint density at radius 1 is 1.54 bits per heavy atom. The molecule has 2 aromatic heterocycles. The van der Waals surface area contributed by atoms with E-state index in [0.29, 0.717) is 5.82 Å². The van der Waals surface area contributed by atoms with Crippen LogP contribution in [0.5, 0.6) is 0 Å². The van der Waals surface area contributed by atoms with Gasteiger partial charge in [-0.2, -0.15) is 0 Å². The van der Waals surface area contributed by atoms with Gasteiger partial charge in [0.15, 0.2) is 12.2 Å². The molecule has 0 spiro atoms. The second-order valence-electron chi connectivity index (χ2n) is 2.20. The van der Waals surface area contributed by atoms with Crippen molar-refractivity contribution in [1.29, 1.82) is 0 Å². The lowest BCUT2D eigenvalue weighted by atomic mass is 10.4. The van der Waals surface area contributed by atoms with E-state index in [4.69, 9.17) is 4.42 Å². The first-order valence-corrected chi connectivity index (χ1v) is 3.46. The Morgan fingerprint density at radius 2 is 2.46 bits per heavy atom. The lowest BCUT2D eigenvalue weighted by Gasteiger charge is -1.94. The van der Waals surface area contributed by atoms with Crippen molar-refractivity contribution in [2.24, 2.45) is 0 Å². The molecule has 2 aromatic rings. The van der Waals surface area contributed by atoms with Crippen LogP contribution < -0.4 is 5.32 Å². The molecule has 2 rings (SSSR count). The Labute approximate surface area is 72.5 Å². The molecule has 0 aliphatic rings. The highest BCUT2D eigenvalue weighted by Crippen LogP contribution is 2.04. The molecule has 6 heteroatoms. The molecular formula is C7H5N3O3. The second-order valence-corrected chi connectivity index (χ2v) is 2.20. The number of hydrogen-bond donors (Lipinski definition) is 1. The fourth-order valence-electron chi connectivity index (χ4n) is 0.783. The molecule has 0 saturated heterocycles. The maximum atomic E-state index is 11.2. The topological polar surface area (TPSA) is 81.2 Å². The molecule has 6 nitrogen and oxygen atoms in total. The smallest absolute Gasteiger partial charge is 0.294 e. The minimum Gasteiger partial charge on any atom is -0.438 e. The molecule has 0 atom stereocenters. The van der Waals surface area contributed by atoms with Crippen LogP contribution in [0.25, 0.3) is 0 Å². The van der Waals surface area contributed by atoms with E-state index in [1.54, 1.807) is 0 Å². The van der Waals surface area contributed by atoms with Gasteiger partial charge in [0.1, 0.15) is 6.26 Å². The highest BCUT2D eigenvalue weighted by Gasteiger charge is 2.10. The summed E-state index contributed by atoms with van der Waals surface area (Å²) in [7, 11) is 0. The Kier molecular flexibility index (Phi) is 1.79. The van der Waals surface area contributed by atoms with Crippen molar-refractivity contribution in [3.8, 4) is 0 Å². The summed E-state index contributed by atoms with van der Waals surface area (Å²) < 4.78 is 9.28. The molecule has 66 valence electrons. The molecule has 0 unspecified atom stereocenters. The summed E-state index contributed by atoms with van der Waals surface area (Å²) in [6.07, 6.45) is 3.85. The third-order valence-corrected chi connectivity index (χ3v) is 1.34. The van der Waals surface area contributed by atoms with E-state index in [2.05, 4.69) is 20.0 Å². The molecule has 0 aliphatic heterocycles. The van der Waals surface area contributed by atoms with Gasteiger partial charge in [-0.3, -0.25) is 4.79 Å². The SMILES string of the molecule is O=C(Nc1ccon1)c1cnco1. The Balaban J connectivity index is 2.08. The number of nitrogens with one attached hydrogen (secondary N) is 1. The van der Waals surface area contributed by atoms with Crippen LogP contribution >= 0.6 is 0 Å². The molecule has 0 bridgehead atoms. The Bertz CT molecular complexity index is 379. The Morgan fingerprint density at radius 3 is 3.08 bits per heavy atom. The quantitative estimate of drug-likeness (QED) is 0.741. The summed E-state index contributed by atoms with van der Waals surface area (Å²) in [4.78, 5) is 14.8. The number of aromatic nitrogens is 2. The van der Waals surface area contributed by atoms with Gasteiger partial charge < -0.3 is 14.3 Å². The molecule has 1 N–H and O–H groups in total. The Hall–Kier alpha value is -2.11. The van der Waals surface area contributed by atoms with Crippen molar-refractivity contribution < 1.29 is 13.7 Å². The average molecular weight is 179 g/mol. The average Bonchev–Trinajstić information content (AvgIpc) is 2.74. The minimum atomic E-state index is -0.411. The van der Waals surface area contributed by atoms with Crippen LogP contribution in [0.15, 0.2) is 33.9 Å². The van der Waals surface area contributed by atoms with E-state index in [1.165, 1.54) is 24.9 Å². The summed E-state index contributed by atoms with van der Waals surface area (Å²) in [5.74, 6) is 0.0517.